The Morgan fingerprint density at radius 1 is 1.60 bits per heavy atom. The number of primary amides is 1. The van der Waals surface area contributed by atoms with Gasteiger partial charge in [0.2, 0.25) is 5.91 Å². The lowest BCUT2D eigenvalue weighted by atomic mass is 10.2. The molecule has 0 heterocycles. The number of rotatable bonds is 3. The van der Waals surface area contributed by atoms with Crippen molar-refractivity contribution in [2.75, 3.05) is 18.5 Å². The first-order valence-electron chi connectivity index (χ1n) is 4.23. The quantitative estimate of drug-likeness (QED) is 0.896. The summed E-state index contributed by atoms with van der Waals surface area (Å²) in [6.45, 7) is 0.126. The lowest BCUT2D eigenvalue weighted by Crippen LogP contribution is -2.30. The van der Waals surface area contributed by atoms with Gasteiger partial charge in [0.1, 0.15) is 0 Å². The predicted molar refractivity (Wildman–Crippen MR) is 61.3 cm³/mol. The monoisotopic (exact) mass is 267 g/mol. The van der Waals surface area contributed by atoms with E-state index in [2.05, 4.69) is 15.9 Å². The largest absolute Gasteiger partial charge is 0.368 e. The smallest absolute Gasteiger partial charge is 0.236 e. The van der Waals surface area contributed by atoms with Crippen LogP contribution in [0.2, 0.25) is 0 Å². The molecule has 0 saturated carbocycles. The summed E-state index contributed by atoms with van der Waals surface area (Å²) in [5.41, 5.74) is 6.40. The van der Waals surface area contributed by atoms with Crippen molar-refractivity contribution in [1.82, 2.24) is 0 Å². The molecule has 1 aromatic carbocycles. The van der Waals surface area contributed by atoms with Crippen LogP contribution >= 0.6 is 15.9 Å². The second-order valence-electron chi connectivity index (χ2n) is 3.13. The van der Waals surface area contributed by atoms with Crippen LogP contribution in [0.1, 0.15) is 5.56 Å². The molecular weight excluding hydrogens is 258 g/mol. The number of carbonyl (C=O) groups is 1. The van der Waals surface area contributed by atoms with Crippen LogP contribution in [0.4, 0.5) is 5.69 Å². The maximum Gasteiger partial charge on any atom is 0.236 e. The van der Waals surface area contributed by atoms with Gasteiger partial charge in [-0.05, 0) is 18.2 Å². The molecule has 1 aromatic rings. The van der Waals surface area contributed by atoms with E-state index in [1.165, 1.54) is 0 Å². The number of carbonyl (C=O) groups excluding carboxylic acids is 1. The van der Waals surface area contributed by atoms with E-state index < -0.39 is 5.91 Å². The highest BCUT2D eigenvalue weighted by molar-refractivity contribution is 9.10. The summed E-state index contributed by atoms with van der Waals surface area (Å²) >= 11 is 3.29. The predicted octanol–water partition coefficient (Wildman–Crippen LogP) is 1.24. The van der Waals surface area contributed by atoms with E-state index in [4.69, 9.17) is 11.0 Å². The molecule has 2 N–H and O–H groups in total. The van der Waals surface area contributed by atoms with E-state index in [0.29, 0.717) is 5.56 Å². The van der Waals surface area contributed by atoms with Crippen molar-refractivity contribution in [3.8, 4) is 6.07 Å². The number of anilines is 1. The van der Waals surface area contributed by atoms with Crippen molar-refractivity contribution in [2.45, 2.75) is 0 Å². The molecule has 0 spiro atoms. The molecule has 5 heteroatoms. The maximum atomic E-state index is 10.7. The fraction of sp³-hybridized carbons (Fsp3) is 0.200. The second-order valence-corrected chi connectivity index (χ2v) is 4.05. The highest BCUT2D eigenvalue weighted by Crippen LogP contribution is 2.21. The van der Waals surface area contributed by atoms with Crippen LogP contribution in [0.5, 0.6) is 0 Å². The van der Waals surface area contributed by atoms with Gasteiger partial charge in [0.25, 0.3) is 0 Å². The van der Waals surface area contributed by atoms with Crippen LogP contribution in [0, 0.1) is 11.3 Å². The van der Waals surface area contributed by atoms with Crippen molar-refractivity contribution < 1.29 is 4.79 Å². The van der Waals surface area contributed by atoms with Gasteiger partial charge < -0.3 is 10.6 Å². The number of hydrogen-bond acceptors (Lipinski definition) is 3. The number of nitrogens with zero attached hydrogens (tertiary/aromatic N) is 2. The fourth-order valence-electron chi connectivity index (χ4n) is 1.18. The average Bonchev–Trinajstić information content (AvgIpc) is 2.15. The Morgan fingerprint density at radius 3 is 2.80 bits per heavy atom. The third-order valence-corrected chi connectivity index (χ3v) is 2.30. The summed E-state index contributed by atoms with van der Waals surface area (Å²) < 4.78 is 0.799. The molecular formula is C10H10BrN3O. The van der Waals surface area contributed by atoms with Crippen molar-refractivity contribution in [3.63, 3.8) is 0 Å². The number of likely N-dealkylation sites (N-methyl/N-ethyl adjacent to an activating group) is 1. The first-order valence-corrected chi connectivity index (χ1v) is 5.02. The van der Waals surface area contributed by atoms with E-state index in [-0.39, 0.29) is 6.54 Å². The second kappa shape index (κ2) is 4.80. The molecule has 0 bridgehead atoms. The van der Waals surface area contributed by atoms with Gasteiger partial charge >= 0.3 is 0 Å². The Kier molecular flexibility index (Phi) is 3.69. The maximum absolute atomic E-state index is 10.7. The number of nitrogens with two attached hydrogens (primary N) is 1. The molecule has 1 rings (SSSR count). The number of hydrogen-bond donors (Lipinski definition) is 1. The van der Waals surface area contributed by atoms with E-state index in [0.717, 1.165) is 10.2 Å². The zero-order chi connectivity index (χ0) is 11.4. The summed E-state index contributed by atoms with van der Waals surface area (Å²) in [6, 6.07) is 7.28. The third kappa shape index (κ3) is 3.26. The minimum Gasteiger partial charge on any atom is -0.368 e. The van der Waals surface area contributed by atoms with Gasteiger partial charge in [-0.2, -0.15) is 5.26 Å². The van der Waals surface area contributed by atoms with E-state index in [9.17, 15) is 4.79 Å². The molecule has 0 aliphatic heterocycles. The standard InChI is InChI=1S/C10H10BrN3O/c1-14(6-10(13)15)9-3-7(5-12)2-8(11)4-9/h2-4H,6H2,1H3,(H2,13,15). The molecule has 0 aromatic heterocycles. The molecule has 0 saturated heterocycles. The number of nitriles is 1. The van der Waals surface area contributed by atoms with Crippen LogP contribution in [0.3, 0.4) is 0 Å². The number of amides is 1. The molecule has 0 fully saturated rings. The average molecular weight is 268 g/mol. The zero-order valence-corrected chi connectivity index (χ0v) is 9.78. The van der Waals surface area contributed by atoms with Gasteiger partial charge in [-0.15, -0.1) is 0 Å². The van der Waals surface area contributed by atoms with E-state index in [1.807, 2.05) is 12.1 Å². The summed E-state index contributed by atoms with van der Waals surface area (Å²) in [7, 11) is 1.74. The number of halogens is 1. The third-order valence-electron chi connectivity index (χ3n) is 1.85. The molecule has 78 valence electrons. The molecule has 0 aliphatic rings. The lowest BCUT2D eigenvalue weighted by Gasteiger charge is -2.17. The molecule has 4 nitrogen and oxygen atoms in total. The molecule has 0 unspecified atom stereocenters. The van der Waals surface area contributed by atoms with Crippen molar-refractivity contribution in [1.29, 1.82) is 5.26 Å². The summed E-state index contributed by atoms with van der Waals surface area (Å²) in [5, 5.41) is 8.77. The van der Waals surface area contributed by atoms with Gasteiger partial charge in [0.15, 0.2) is 0 Å². The first-order chi connectivity index (χ1) is 7.02. The van der Waals surface area contributed by atoms with Crippen molar-refractivity contribution >= 4 is 27.5 Å². The highest BCUT2D eigenvalue weighted by Gasteiger charge is 2.06. The molecule has 0 atom stereocenters. The summed E-state index contributed by atoms with van der Waals surface area (Å²) in [6.07, 6.45) is 0. The van der Waals surface area contributed by atoms with E-state index in [1.54, 1.807) is 24.1 Å². The minimum atomic E-state index is -0.406. The fourth-order valence-corrected chi connectivity index (χ4v) is 1.67. The van der Waals surface area contributed by atoms with E-state index >= 15 is 0 Å². The Morgan fingerprint density at radius 2 is 2.27 bits per heavy atom. The molecule has 1 amide bonds. The van der Waals surface area contributed by atoms with Gasteiger partial charge in [0.05, 0.1) is 18.2 Å². The van der Waals surface area contributed by atoms with Crippen LogP contribution < -0.4 is 10.6 Å². The number of benzene rings is 1. The lowest BCUT2D eigenvalue weighted by molar-refractivity contribution is -0.116. The highest BCUT2D eigenvalue weighted by atomic mass is 79.9. The van der Waals surface area contributed by atoms with Crippen LogP contribution in [0.15, 0.2) is 22.7 Å². The van der Waals surface area contributed by atoms with Crippen LogP contribution in [-0.2, 0) is 4.79 Å². The van der Waals surface area contributed by atoms with Crippen molar-refractivity contribution in [3.05, 3.63) is 28.2 Å². The van der Waals surface area contributed by atoms with Gasteiger partial charge in [0, 0.05) is 17.2 Å². The Bertz CT molecular complexity index is 425. The van der Waals surface area contributed by atoms with Crippen LogP contribution in [0.25, 0.3) is 0 Å². The van der Waals surface area contributed by atoms with Crippen molar-refractivity contribution in [2.24, 2.45) is 5.73 Å². The van der Waals surface area contributed by atoms with Gasteiger partial charge in [-0.1, -0.05) is 15.9 Å². The summed E-state index contributed by atoms with van der Waals surface area (Å²) in [4.78, 5) is 12.4. The zero-order valence-electron chi connectivity index (χ0n) is 8.20. The minimum absolute atomic E-state index is 0.126. The Labute approximate surface area is 96.4 Å². The Hall–Kier alpha value is -1.54. The van der Waals surface area contributed by atoms with Gasteiger partial charge in [-0.3, -0.25) is 4.79 Å². The first kappa shape index (κ1) is 11.5. The SMILES string of the molecule is CN(CC(N)=O)c1cc(Br)cc(C#N)c1. The van der Waals surface area contributed by atoms with Crippen LogP contribution in [-0.4, -0.2) is 19.5 Å². The molecule has 15 heavy (non-hydrogen) atoms. The normalized spacial score (nSPS) is 9.40. The Balaban J connectivity index is 2.99. The molecule has 0 aliphatic carbocycles. The molecule has 0 radical (unpaired) electrons. The summed E-state index contributed by atoms with van der Waals surface area (Å²) in [5.74, 6) is -0.406. The van der Waals surface area contributed by atoms with Gasteiger partial charge in [-0.25, -0.2) is 0 Å². The topological polar surface area (TPSA) is 70.1 Å².